The molecule has 2 fully saturated rings. The summed E-state index contributed by atoms with van der Waals surface area (Å²) in [5.41, 5.74) is -0.155. The number of rotatable bonds is 3. The van der Waals surface area contributed by atoms with Gasteiger partial charge in [-0.2, -0.15) is 0 Å². The average molecular weight is 321 g/mol. The van der Waals surface area contributed by atoms with E-state index in [4.69, 9.17) is 9.84 Å². The van der Waals surface area contributed by atoms with Crippen LogP contribution in [0, 0.1) is 11.7 Å². The summed E-state index contributed by atoms with van der Waals surface area (Å²) in [6.07, 6.45) is 1.45. The number of likely N-dealkylation sites (tertiary alicyclic amines) is 1. The first kappa shape index (κ1) is 15.9. The maximum atomic E-state index is 13.7. The number of hydrogen-bond acceptors (Lipinski definition) is 3. The van der Waals surface area contributed by atoms with Crippen molar-refractivity contribution in [2.45, 2.75) is 24.7 Å². The number of halogens is 1. The molecule has 3 rings (SSSR count). The van der Waals surface area contributed by atoms with Crippen molar-refractivity contribution in [2.24, 2.45) is 5.92 Å². The van der Waals surface area contributed by atoms with Crippen LogP contribution in [-0.4, -0.2) is 48.2 Å². The molecule has 5 nitrogen and oxygen atoms in total. The number of carboxylic acids is 1. The fraction of sp³-hybridized carbons (Fsp3) is 0.529. The molecule has 0 saturated carbocycles. The van der Waals surface area contributed by atoms with Crippen molar-refractivity contribution in [2.75, 3.05) is 26.3 Å². The lowest BCUT2D eigenvalue weighted by molar-refractivity contribution is -0.143. The first-order chi connectivity index (χ1) is 11.0. The van der Waals surface area contributed by atoms with Gasteiger partial charge in [0.2, 0.25) is 5.91 Å². The van der Waals surface area contributed by atoms with E-state index in [-0.39, 0.29) is 18.3 Å². The van der Waals surface area contributed by atoms with Gasteiger partial charge in [-0.3, -0.25) is 9.59 Å². The van der Waals surface area contributed by atoms with E-state index in [9.17, 15) is 14.0 Å². The fourth-order valence-corrected chi connectivity index (χ4v) is 3.58. The molecule has 2 aliphatic rings. The predicted octanol–water partition coefficient (Wildman–Crippen LogP) is 1.81. The lowest BCUT2D eigenvalue weighted by Crippen LogP contribution is -2.49. The average Bonchev–Trinajstić information content (AvgIpc) is 3.05. The molecular weight excluding hydrogens is 301 g/mol. The molecule has 1 aromatic rings. The van der Waals surface area contributed by atoms with Crippen LogP contribution in [-0.2, 0) is 19.7 Å². The molecule has 0 aromatic heterocycles. The first-order valence-electron chi connectivity index (χ1n) is 7.89. The second-order valence-corrected chi connectivity index (χ2v) is 6.28. The van der Waals surface area contributed by atoms with Crippen molar-refractivity contribution in [1.29, 1.82) is 0 Å². The number of amides is 1. The number of aliphatic carboxylic acids is 1. The Balaban J connectivity index is 1.90. The number of carbonyl (C=O) groups excluding carboxylic acids is 1. The lowest BCUT2D eigenvalue weighted by Gasteiger charge is -2.39. The van der Waals surface area contributed by atoms with Crippen LogP contribution in [0.5, 0.6) is 0 Å². The van der Waals surface area contributed by atoms with Gasteiger partial charge >= 0.3 is 5.97 Å². The summed E-state index contributed by atoms with van der Waals surface area (Å²) in [5.74, 6) is -1.85. The summed E-state index contributed by atoms with van der Waals surface area (Å²) in [6.45, 7) is 1.55. The van der Waals surface area contributed by atoms with Crippen LogP contribution in [0.15, 0.2) is 24.3 Å². The van der Waals surface area contributed by atoms with Crippen LogP contribution in [0.2, 0.25) is 0 Å². The number of nitrogens with zero attached hydrogens (tertiary/aromatic N) is 1. The Hall–Kier alpha value is -1.95. The third kappa shape index (κ3) is 2.95. The fourth-order valence-electron chi connectivity index (χ4n) is 3.58. The van der Waals surface area contributed by atoms with Crippen LogP contribution in [0.3, 0.4) is 0 Å². The summed E-state index contributed by atoms with van der Waals surface area (Å²) < 4.78 is 19.1. The van der Waals surface area contributed by atoms with Crippen molar-refractivity contribution < 1.29 is 23.8 Å². The van der Waals surface area contributed by atoms with Crippen LogP contribution in [0.25, 0.3) is 0 Å². The van der Waals surface area contributed by atoms with Crippen LogP contribution in [0.4, 0.5) is 4.39 Å². The van der Waals surface area contributed by atoms with E-state index in [0.717, 1.165) is 0 Å². The van der Waals surface area contributed by atoms with E-state index in [1.54, 1.807) is 17.0 Å². The minimum Gasteiger partial charge on any atom is -0.481 e. The van der Waals surface area contributed by atoms with E-state index in [2.05, 4.69) is 0 Å². The minimum absolute atomic E-state index is 0.102. The molecule has 1 aromatic carbocycles. The number of carbonyl (C=O) groups is 2. The molecule has 2 heterocycles. The van der Waals surface area contributed by atoms with Crippen molar-refractivity contribution in [3.63, 3.8) is 0 Å². The van der Waals surface area contributed by atoms with Gasteiger partial charge in [0.05, 0.1) is 11.3 Å². The smallest absolute Gasteiger partial charge is 0.308 e. The molecule has 0 bridgehead atoms. The maximum Gasteiger partial charge on any atom is 0.308 e. The van der Waals surface area contributed by atoms with Crippen LogP contribution < -0.4 is 0 Å². The predicted molar refractivity (Wildman–Crippen MR) is 80.5 cm³/mol. The molecule has 0 radical (unpaired) electrons. The Kier molecular flexibility index (Phi) is 4.35. The molecule has 0 unspecified atom stereocenters. The highest BCUT2D eigenvalue weighted by Crippen LogP contribution is 2.38. The molecule has 2 aliphatic heterocycles. The topological polar surface area (TPSA) is 66.8 Å². The zero-order valence-corrected chi connectivity index (χ0v) is 12.8. The van der Waals surface area contributed by atoms with Crippen molar-refractivity contribution in [3.8, 4) is 0 Å². The third-order valence-electron chi connectivity index (χ3n) is 4.96. The molecule has 6 heteroatoms. The van der Waals surface area contributed by atoms with Gasteiger partial charge in [-0.25, -0.2) is 4.39 Å². The van der Waals surface area contributed by atoms with Gasteiger partial charge in [0.15, 0.2) is 0 Å². The summed E-state index contributed by atoms with van der Waals surface area (Å²) in [4.78, 5) is 25.9. The Morgan fingerprint density at radius 2 is 2.04 bits per heavy atom. The van der Waals surface area contributed by atoms with Gasteiger partial charge in [0.25, 0.3) is 0 Å². The SMILES string of the molecule is O=C(O)[C@@H]1CCN(C(=O)C2(c3cccc(F)c3)CCOCC2)C1. The Morgan fingerprint density at radius 3 is 2.65 bits per heavy atom. The second-order valence-electron chi connectivity index (χ2n) is 6.28. The van der Waals surface area contributed by atoms with Gasteiger partial charge in [0.1, 0.15) is 5.82 Å². The van der Waals surface area contributed by atoms with E-state index in [0.29, 0.717) is 44.6 Å². The summed E-state index contributed by atoms with van der Waals surface area (Å²) in [6, 6.07) is 6.15. The van der Waals surface area contributed by atoms with Gasteiger partial charge in [-0.1, -0.05) is 12.1 Å². The minimum atomic E-state index is -0.868. The molecule has 124 valence electrons. The van der Waals surface area contributed by atoms with E-state index >= 15 is 0 Å². The van der Waals surface area contributed by atoms with Gasteiger partial charge in [0, 0.05) is 26.3 Å². The largest absolute Gasteiger partial charge is 0.481 e. The number of benzene rings is 1. The summed E-state index contributed by atoms with van der Waals surface area (Å²) in [7, 11) is 0. The monoisotopic (exact) mass is 321 g/mol. The molecule has 0 aliphatic carbocycles. The van der Waals surface area contributed by atoms with E-state index < -0.39 is 17.3 Å². The first-order valence-corrected chi connectivity index (χ1v) is 7.89. The molecule has 1 N–H and O–H groups in total. The Bertz CT molecular complexity index is 612. The summed E-state index contributed by atoms with van der Waals surface area (Å²) >= 11 is 0. The molecule has 2 saturated heterocycles. The third-order valence-corrected chi connectivity index (χ3v) is 4.96. The molecule has 0 spiro atoms. The van der Waals surface area contributed by atoms with Crippen molar-refractivity contribution in [1.82, 2.24) is 4.90 Å². The maximum absolute atomic E-state index is 13.7. The summed E-state index contributed by atoms with van der Waals surface area (Å²) in [5, 5.41) is 9.13. The Morgan fingerprint density at radius 1 is 1.30 bits per heavy atom. The van der Waals surface area contributed by atoms with Gasteiger partial charge < -0.3 is 14.7 Å². The normalized spacial score (nSPS) is 23.7. The zero-order chi connectivity index (χ0) is 16.4. The quantitative estimate of drug-likeness (QED) is 0.922. The zero-order valence-electron chi connectivity index (χ0n) is 12.8. The molecule has 23 heavy (non-hydrogen) atoms. The van der Waals surface area contributed by atoms with Crippen molar-refractivity contribution in [3.05, 3.63) is 35.6 Å². The standard InChI is InChI=1S/C17H20FNO4/c18-14-3-1-2-13(10-14)17(5-8-23-9-6-17)16(22)19-7-4-12(11-19)15(20)21/h1-3,10,12H,4-9,11H2,(H,20,21)/t12-/m1/s1. The molecule has 1 amide bonds. The molecule has 1 atom stereocenters. The van der Waals surface area contributed by atoms with Gasteiger partial charge in [-0.15, -0.1) is 0 Å². The molecular formula is C17H20FNO4. The van der Waals surface area contributed by atoms with Gasteiger partial charge in [-0.05, 0) is 37.0 Å². The number of hydrogen-bond donors (Lipinski definition) is 1. The lowest BCUT2D eigenvalue weighted by atomic mass is 9.73. The number of carboxylic acid groups (broad SMARTS) is 1. The highest BCUT2D eigenvalue weighted by atomic mass is 19.1. The van der Waals surface area contributed by atoms with Crippen LogP contribution >= 0.6 is 0 Å². The van der Waals surface area contributed by atoms with E-state index in [1.165, 1.54) is 12.1 Å². The Labute approximate surface area is 134 Å². The van der Waals surface area contributed by atoms with Crippen LogP contribution in [0.1, 0.15) is 24.8 Å². The van der Waals surface area contributed by atoms with E-state index in [1.807, 2.05) is 0 Å². The second kappa shape index (κ2) is 6.28. The number of ether oxygens (including phenoxy) is 1. The highest BCUT2D eigenvalue weighted by Gasteiger charge is 2.46. The van der Waals surface area contributed by atoms with Crippen molar-refractivity contribution >= 4 is 11.9 Å². The highest BCUT2D eigenvalue weighted by molar-refractivity contribution is 5.89.